The third-order valence-electron chi connectivity index (χ3n) is 3.22. The maximum Gasteiger partial charge on any atom is 0.245 e. The molecular weight excluding hydrogens is 218 g/mol. The highest BCUT2D eigenvalue weighted by Gasteiger charge is 2.19. The van der Waals surface area contributed by atoms with E-state index in [9.17, 15) is 8.78 Å². The van der Waals surface area contributed by atoms with E-state index < -0.39 is 5.92 Å². The summed E-state index contributed by atoms with van der Waals surface area (Å²) in [5.74, 6) is -2.46. The highest BCUT2D eigenvalue weighted by atomic mass is 19.3. The van der Waals surface area contributed by atoms with Gasteiger partial charge in [-0.3, -0.25) is 0 Å². The van der Waals surface area contributed by atoms with Crippen molar-refractivity contribution in [3.63, 3.8) is 0 Å². The third kappa shape index (κ3) is 15.9. The Bertz CT molecular complexity index is 149. The molecule has 0 bridgehead atoms. The molecule has 0 aromatic heterocycles. The van der Waals surface area contributed by atoms with Gasteiger partial charge in [-0.25, -0.2) is 8.78 Å². The normalized spacial score (nSPS) is 12.0. The zero-order valence-electron chi connectivity index (χ0n) is 11.7. The van der Waals surface area contributed by atoms with E-state index in [1.165, 1.54) is 51.4 Å². The molecule has 0 N–H and O–H groups in total. The lowest BCUT2D eigenvalue weighted by atomic mass is 10.0. The highest BCUT2D eigenvalue weighted by Crippen LogP contribution is 2.21. The quantitative estimate of drug-likeness (QED) is 0.353. The van der Waals surface area contributed by atoms with Crippen LogP contribution in [-0.4, -0.2) is 5.92 Å². The second-order valence-corrected chi connectivity index (χ2v) is 5.36. The first-order valence-corrected chi connectivity index (χ1v) is 7.44. The molecule has 0 aliphatic rings. The van der Waals surface area contributed by atoms with Crippen LogP contribution in [-0.2, 0) is 0 Å². The van der Waals surface area contributed by atoms with Crippen LogP contribution in [0.2, 0.25) is 0 Å². The first-order chi connectivity index (χ1) is 8.06. The van der Waals surface area contributed by atoms with Crippen molar-refractivity contribution in [2.75, 3.05) is 0 Å². The molecule has 0 fully saturated rings. The summed E-state index contributed by atoms with van der Waals surface area (Å²) < 4.78 is 25.0. The zero-order chi connectivity index (χ0) is 13.0. The van der Waals surface area contributed by atoms with E-state index in [4.69, 9.17) is 0 Å². The molecule has 0 unspecified atom stereocenters. The smallest absolute Gasteiger partial charge is 0.207 e. The van der Waals surface area contributed by atoms with Gasteiger partial charge in [-0.2, -0.15) is 0 Å². The predicted octanol–water partition coefficient (Wildman–Crippen LogP) is 6.34. The van der Waals surface area contributed by atoms with Crippen LogP contribution < -0.4 is 0 Å². The summed E-state index contributed by atoms with van der Waals surface area (Å²) in [6.45, 7) is 3.25. The summed E-state index contributed by atoms with van der Waals surface area (Å²) in [7, 11) is 0. The topological polar surface area (TPSA) is 0 Å². The van der Waals surface area contributed by atoms with Gasteiger partial charge >= 0.3 is 0 Å². The van der Waals surface area contributed by atoms with Crippen LogP contribution in [0.5, 0.6) is 0 Å². The number of unbranched alkanes of at least 4 members (excludes halogenated alkanes) is 10. The summed E-state index contributed by atoms with van der Waals surface area (Å²) in [5.41, 5.74) is 0. The van der Waals surface area contributed by atoms with E-state index in [-0.39, 0.29) is 6.42 Å². The number of hydrogen-bond acceptors (Lipinski definition) is 0. The van der Waals surface area contributed by atoms with Crippen molar-refractivity contribution in [3.8, 4) is 0 Å². The molecule has 0 saturated heterocycles. The van der Waals surface area contributed by atoms with Crippen LogP contribution >= 0.6 is 0 Å². The van der Waals surface area contributed by atoms with Crippen molar-refractivity contribution in [2.24, 2.45) is 0 Å². The third-order valence-corrected chi connectivity index (χ3v) is 3.22. The lowest BCUT2D eigenvalue weighted by molar-refractivity contribution is 0.0103. The number of rotatable bonds is 12. The van der Waals surface area contributed by atoms with Gasteiger partial charge in [0.05, 0.1) is 0 Å². The van der Waals surface area contributed by atoms with E-state index in [0.29, 0.717) is 6.42 Å². The van der Waals surface area contributed by atoms with Gasteiger partial charge in [-0.1, -0.05) is 71.1 Å². The molecule has 0 radical (unpaired) electrons. The zero-order valence-corrected chi connectivity index (χ0v) is 11.7. The van der Waals surface area contributed by atoms with Crippen LogP contribution in [0, 0.1) is 0 Å². The standard InChI is InChI=1S/C15H30F2/c1-3-4-5-6-7-8-9-10-11-12-13-14-15(2,16)17/h3-14H2,1-2H3. The molecule has 0 spiro atoms. The predicted molar refractivity (Wildman–Crippen MR) is 71.7 cm³/mol. The van der Waals surface area contributed by atoms with Gasteiger partial charge in [0.1, 0.15) is 0 Å². The van der Waals surface area contributed by atoms with Crippen LogP contribution in [0.25, 0.3) is 0 Å². The number of hydrogen-bond donors (Lipinski definition) is 0. The Balaban J connectivity index is 2.99. The van der Waals surface area contributed by atoms with Crippen molar-refractivity contribution < 1.29 is 8.78 Å². The molecule has 0 aliphatic heterocycles. The summed E-state index contributed by atoms with van der Waals surface area (Å²) in [6.07, 6.45) is 13.5. The average molecular weight is 248 g/mol. The molecule has 0 aliphatic carbocycles. The minimum atomic E-state index is -2.46. The lowest BCUT2D eigenvalue weighted by Gasteiger charge is -2.08. The van der Waals surface area contributed by atoms with Gasteiger partial charge in [-0.05, 0) is 13.3 Å². The van der Waals surface area contributed by atoms with Gasteiger partial charge in [-0.15, -0.1) is 0 Å². The maximum absolute atomic E-state index is 12.5. The van der Waals surface area contributed by atoms with Crippen LogP contribution in [0.1, 0.15) is 90.9 Å². The van der Waals surface area contributed by atoms with Crippen molar-refractivity contribution in [1.29, 1.82) is 0 Å². The van der Waals surface area contributed by atoms with Gasteiger partial charge in [0, 0.05) is 6.42 Å². The van der Waals surface area contributed by atoms with Crippen molar-refractivity contribution >= 4 is 0 Å². The molecular formula is C15H30F2. The Morgan fingerprint density at radius 2 is 1.00 bits per heavy atom. The van der Waals surface area contributed by atoms with Crippen molar-refractivity contribution in [1.82, 2.24) is 0 Å². The van der Waals surface area contributed by atoms with Crippen molar-refractivity contribution in [3.05, 3.63) is 0 Å². The Morgan fingerprint density at radius 1 is 0.647 bits per heavy atom. The largest absolute Gasteiger partial charge is 0.245 e. The molecule has 0 amide bonds. The van der Waals surface area contributed by atoms with Crippen molar-refractivity contribution in [2.45, 2.75) is 96.8 Å². The number of alkyl halides is 2. The minimum Gasteiger partial charge on any atom is -0.207 e. The maximum atomic E-state index is 12.5. The molecule has 0 rings (SSSR count). The second-order valence-electron chi connectivity index (χ2n) is 5.36. The molecule has 104 valence electrons. The van der Waals surface area contributed by atoms with Gasteiger partial charge in [0.15, 0.2) is 0 Å². The first-order valence-electron chi connectivity index (χ1n) is 7.44. The van der Waals surface area contributed by atoms with Crippen LogP contribution in [0.4, 0.5) is 8.78 Å². The first kappa shape index (κ1) is 16.9. The molecule has 0 nitrogen and oxygen atoms in total. The van der Waals surface area contributed by atoms with Gasteiger partial charge < -0.3 is 0 Å². The molecule has 0 saturated carbocycles. The fourth-order valence-electron chi connectivity index (χ4n) is 2.10. The minimum absolute atomic E-state index is 0.0595. The molecule has 0 atom stereocenters. The van der Waals surface area contributed by atoms with E-state index in [2.05, 4.69) is 6.92 Å². The Kier molecular flexibility index (Phi) is 10.9. The summed E-state index contributed by atoms with van der Waals surface area (Å²) in [5, 5.41) is 0. The summed E-state index contributed by atoms with van der Waals surface area (Å²) in [6, 6.07) is 0. The van der Waals surface area contributed by atoms with E-state index in [1.807, 2.05) is 0 Å². The van der Waals surface area contributed by atoms with Crippen LogP contribution in [0.15, 0.2) is 0 Å². The Morgan fingerprint density at radius 3 is 1.35 bits per heavy atom. The van der Waals surface area contributed by atoms with E-state index in [0.717, 1.165) is 19.8 Å². The summed E-state index contributed by atoms with van der Waals surface area (Å²) in [4.78, 5) is 0. The molecule has 0 heterocycles. The van der Waals surface area contributed by atoms with Gasteiger partial charge in [0.2, 0.25) is 5.92 Å². The lowest BCUT2D eigenvalue weighted by Crippen LogP contribution is -2.08. The average Bonchev–Trinajstić information content (AvgIpc) is 2.24. The Labute approximate surface area is 106 Å². The van der Waals surface area contributed by atoms with E-state index >= 15 is 0 Å². The summed E-state index contributed by atoms with van der Waals surface area (Å²) >= 11 is 0. The monoisotopic (exact) mass is 248 g/mol. The highest BCUT2D eigenvalue weighted by molar-refractivity contribution is 4.58. The fourth-order valence-corrected chi connectivity index (χ4v) is 2.10. The fraction of sp³-hybridized carbons (Fsp3) is 1.00. The van der Waals surface area contributed by atoms with Crippen LogP contribution in [0.3, 0.4) is 0 Å². The second kappa shape index (κ2) is 11.0. The molecule has 0 aromatic carbocycles. The Hall–Kier alpha value is -0.140. The number of halogens is 2. The molecule has 2 heteroatoms. The van der Waals surface area contributed by atoms with Gasteiger partial charge in [0.25, 0.3) is 0 Å². The molecule has 17 heavy (non-hydrogen) atoms. The van der Waals surface area contributed by atoms with E-state index in [1.54, 1.807) is 0 Å². The SMILES string of the molecule is CCCCCCCCCCCCCC(C)(F)F. The molecule has 0 aromatic rings.